The third-order valence-electron chi connectivity index (χ3n) is 4.74. The molecule has 31 heavy (non-hydrogen) atoms. The van der Waals surface area contributed by atoms with Gasteiger partial charge in [0.05, 0.1) is 19.3 Å². The molecule has 176 valence electrons. The second-order valence-electron chi connectivity index (χ2n) is 7.51. The van der Waals surface area contributed by atoms with E-state index in [9.17, 15) is 22.6 Å². The molecule has 0 saturated heterocycles. The number of carbonyl (C=O) groups is 2. The fourth-order valence-corrected chi connectivity index (χ4v) is 3.58. The third kappa shape index (κ3) is 20.0. The average molecular weight is 471 g/mol. The van der Waals surface area contributed by atoms with Crippen LogP contribution < -0.4 is 29.6 Å². The van der Waals surface area contributed by atoms with Gasteiger partial charge in [-0.15, -0.1) is 0 Å². The Labute approximate surface area is 210 Å². The van der Waals surface area contributed by atoms with Crippen molar-refractivity contribution in [2.45, 2.75) is 109 Å². The van der Waals surface area contributed by atoms with Gasteiger partial charge in [-0.25, -0.2) is 8.42 Å². The molecule has 0 spiro atoms. The number of ether oxygens (including phenoxy) is 2. The van der Waals surface area contributed by atoms with Gasteiger partial charge in [0, 0.05) is 0 Å². The summed E-state index contributed by atoms with van der Waals surface area (Å²) in [7, 11) is -5.01. The summed E-state index contributed by atoms with van der Waals surface area (Å²) < 4.78 is 43.4. The molecule has 7 nitrogen and oxygen atoms in total. The van der Waals surface area contributed by atoms with Gasteiger partial charge in [-0.1, -0.05) is 84.5 Å². The molecule has 0 aliphatic heterocycles. The van der Waals surface area contributed by atoms with Crippen molar-refractivity contribution in [1.29, 1.82) is 0 Å². The number of hydrogen-bond acceptors (Lipinski definition) is 7. The van der Waals surface area contributed by atoms with Gasteiger partial charge in [0.2, 0.25) is 0 Å². The molecular weight excluding hydrogens is 431 g/mol. The standard InChI is InChI=1S/C22H40O7S.Na/c1-3-5-7-8-9-10-11-12-13-14-15-16-18-29-22(24)20(30(25,26)27)19-21(23)28-17-6-4-2;/h6,17,20H,3-5,7-16,18-19H2,1-2H3,(H,25,26,27);/q;+1/p-1/b17-6+;. The third-order valence-corrected chi connectivity index (χ3v) is 5.79. The van der Waals surface area contributed by atoms with Crippen molar-refractivity contribution >= 4 is 22.1 Å². The zero-order valence-electron chi connectivity index (χ0n) is 19.6. The van der Waals surface area contributed by atoms with Gasteiger partial charge in [-0.2, -0.15) is 0 Å². The molecule has 0 bridgehead atoms. The van der Waals surface area contributed by atoms with E-state index in [1.54, 1.807) is 6.08 Å². The van der Waals surface area contributed by atoms with E-state index in [0.29, 0.717) is 12.8 Å². The Kier molecular flexibility index (Phi) is 22.7. The van der Waals surface area contributed by atoms with Gasteiger partial charge in [-0.3, -0.25) is 9.59 Å². The van der Waals surface area contributed by atoms with Crippen molar-refractivity contribution < 1.29 is 61.6 Å². The Morgan fingerprint density at radius 2 is 1.35 bits per heavy atom. The minimum Gasteiger partial charge on any atom is -0.747 e. The number of rotatable bonds is 19. The van der Waals surface area contributed by atoms with E-state index in [-0.39, 0.29) is 36.2 Å². The van der Waals surface area contributed by atoms with Crippen LogP contribution >= 0.6 is 0 Å². The first kappa shape index (κ1) is 32.8. The van der Waals surface area contributed by atoms with E-state index in [1.807, 2.05) is 6.92 Å². The molecular formula is C22H39NaO7S. The van der Waals surface area contributed by atoms with Crippen LogP contribution in [0.1, 0.15) is 104 Å². The van der Waals surface area contributed by atoms with Gasteiger partial charge >= 0.3 is 41.5 Å². The molecule has 1 atom stereocenters. The van der Waals surface area contributed by atoms with Crippen LogP contribution in [-0.4, -0.2) is 36.8 Å². The van der Waals surface area contributed by atoms with Gasteiger partial charge in [0.15, 0.2) is 5.25 Å². The van der Waals surface area contributed by atoms with E-state index < -0.39 is 33.7 Å². The molecule has 1 unspecified atom stereocenters. The van der Waals surface area contributed by atoms with Crippen molar-refractivity contribution in [2.75, 3.05) is 6.61 Å². The van der Waals surface area contributed by atoms with Crippen molar-refractivity contribution in [2.24, 2.45) is 0 Å². The van der Waals surface area contributed by atoms with Crippen LogP contribution in [0.3, 0.4) is 0 Å². The maximum absolute atomic E-state index is 11.9. The molecule has 0 aliphatic carbocycles. The monoisotopic (exact) mass is 470 g/mol. The van der Waals surface area contributed by atoms with E-state index in [4.69, 9.17) is 4.74 Å². The summed E-state index contributed by atoms with van der Waals surface area (Å²) >= 11 is 0. The first-order valence-corrected chi connectivity index (χ1v) is 12.8. The van der Waals surface area contributed by atoms with E-state index in [1.165, 1.54) is 51.4 Å². The van der Waals surface area contributed by atoms with Crippen LogP contribution in [0, 0.1) is 0 Å². The van der Waals surface area contributed by atoms with Crippen molar-refractivity contribution in [3.63, 3.8) is 0 Å². The van der Waals surface area contributed by atoms with E-state index >= 15 is 0 Å². The second-order valence-corrected chi connectivity index (χ2v) is 9.07. The predicted octanol–water partition coefficient (Wildman–Crippen LogP) is 2.01. The van der Waals surface area contributed by atoms with Gasteiger partial charge < -0.3 is 14.0 Å². The zero-order chi connectivity index (χ0) is 22.7. The molecule has 0 radical (unpaired) electrons. The summed E-state index contributed by atoms with van der Waals surface area (Å²) in [5, 5.41) is -2.07. The second kappa shape index (κ2) is 21.4. The molecule has 0 amide bonds. The SMILES string of the molecule is CC/C=C/OC(=O)CC(C(=O)OCCCCCCCCCCCCCC)S(=O)(=O)[O-].[Na+]. The van der Waals surface area contributed by atoms with Gasteiger partial charge in [0.1, 0.15) is 10.1 Å². The normalized spacial score (nSPS) is 12.4. The topological polar surface area (TPSA) is 110 Å². The van der Waals surface area contributed by atoms with Crippen LogP contribution in [0.2, 0.25) is 0 Å². The molecule has 0 aromatic carbocycles. The summed E-state index contributed by atoms with van der Waals surface area (Å²) in [6, 6.07) is 0. The molecule has 0 N–H and O–H groups in total. The molecule has 0 fully saturated rings. The van der Waals surface area contributed by atoms with Gasteiger partial charge in [-0.05, 0) is 18.9 Å². The Hall–Kier alpha value is -0.410. The fourth-order valence-electron chi connectivity index (χ4n) is 2.93. The molecule has 0 saturated carbocycles. The number of allylic oxidation sites excluding steroid dienone is 1. The maximum atomic E-state index is 11.9. The number of hydrogen-bond donors (Lipinski definition) is 0. The van der Waals surface area contributed by atoms with Crippen LogP contribution in [0.4, 0.5) is 0 Å². The quantitative estimate of drug-likeness (QED) is 0.0934. The Morgan fingerprint density at radius 3 is 1.81 bits per heavy atom. The number of esters is 2. The first-order valence-electron chi connectivity index (χ1n) is 11.3. The molecule has 9 heteroatoms. The molecule has 0 heterocycles. The largest absolute Gasteiger partial charge is 1.00 e. The maximum Gasteiger partial charge on any atom is 1.00 e. The minimum absolute atomic E-state index is 0. The summed E-state index contributed by atoms with van der Waals surface area (Å²) in [6.45, 7) is 4.07. The van der Waals surface area contributed by atoms with E-state index in [0.717, 1.165) is 25.5 Å². The van der Waals surface area contributed by atoms with Gasteiger partial charge in [0.25, 0.3) is 0 Å². The average Bonchev–Trinajstić information content (AvgIpc) is 2.69. The fraction of sp³-hybridized carbons (Fsp3) is 0.818. The Morgan fingerprint density at radius 1 is 0.871 bits per heavy atom. The summed E-state index contributed by atoms with van der Waals surface area (Å²) in [4.78, 5) is 23.5. The van der Waals surface area contributed by atoms with Crippen LogP contribution in [0.5, 0.6) is 0 Å². The van der Waals surface area contributed by atoms with Crippen LogP contribution in [0.15, 0.2) is 12.3 Å². The first-order chi connectivity index (χ1) is 14.3. The summed E-state index contributed by atoms with van der Waals surface area (Å²) in [5.41, 5.74) is 0. The summed E-state index contributed by atoms with van der Waals surface area (Å²) in [5.74, 6) is -2.16. The predicted molar refractivity (Wildman–Crippen MR) is 116 cm³/mol. The Bertz CT molecular complexity index is 591. The van der Waals surface area contributed by atoms with Crippen LogP contribution in [-0.2, 0) is 29.2 Å². The van der Waals surface area contributed by atoms with Crippen LogP contribution in [0.25, 0.3) is 0 Å². The zero-order valence-corrected chi connectivity index (χ0v) is 22.4. The summed E-state index contributed by atoms with van der Waals surface area (Å²) in [6.07, 6.45) is 16.3. The number of carbonyl (C=O) groups excluding carboxylic acids is 2. The van der Waals surface area contributed by atoms with E-state index in [2.05, 4.69) is 11.7 Å². The van der Waals surface area contributed by atoms with Crippen molar-refractivity contribution in [3.8, 4) is 0 Å². The molecule has 0 aliphatic rings. The molecule has 0 aromatic heterocycles. The molecule has 0 rings (SSSR count). The Balaban J connectivity index is 0. The minimum atomic E-state index is -5.01. The van der Waals surface area contributed by atoms with Crippen molar-refractivity contribution in [1.82, 2.24) is 0 Å². The smallest absolute Gasteiger partial charge is 0.747 e. The number of unbranched alkanes of at least 4 members (excludes halogenated alkanes) is 11. The molecule has 0 aromatic rings. The van der Waals surface area contributed by atoms with Crippen molar-refractivity contribution in [3.05, 3.63) is 12.3 Å².